The zero-order chi connectivity index (χ0) is 20.5. The van der Waals surface area contributed by atoms with E-state index in [0.29, 0.717) is 35.2 Å². The second kappa shape index (κ2) is 7.44. The maximum absolute atomic E-state index is 12.7. The normalized spacial score (nSPS) is 15.1. The van der Waals surface area contributed by atoms with Gasteiger partial charge in [0.1, 0.15) is 18.1 Å². The van der Waals surface area contributed by atoms with E-state index in [1.165, 1.54) is 0 Å². The molecule has 30 heavy (non-hydrogen) atoms. The molecule has 0 aliphatic carbocycles. The molecular weight excluding hydrogens is 380 g/mol. The number of carbonyl (C=O) groups is 1. The Labute approximate surface area is 173 Å². The van der Waals surface area contributed by atoms with Crippen LogP contribution in [0.1, 0.15) is 27.0 Å². The van der Waals surface area contributed by atoms with Crippen molar-refractivity contribution in [2.75, 3.05) is 6.79 Å². The van der Waals surface area contributed by atoms with Crippen molar-refractivity contribution < 1.29 is 23.7 Å². The van der Waals surface area contributed by atoms with Crippen LogP contribution in [0.4, 0.5) is 0 Å². The first-order valence-corrected chi connectivity index (χ1v) is 9.52. The molecule has 0 amide bonds. The number of hydrogen-bond acceptors (Lipinski definition) is 5. The maximum Gasteiger partial charge on any atom is 0.231 e. The summed E-state index contributed by atoms with van der Waals surface area (Å²) in [4.78, 5) is 12.7. The molecule has 0 atom stereocenters. The van der Waals surface area contributed by atoms with Crippen LogP contribution in [0, 0.1) is 0 Å². The number of carbonyl (C=O) groups excluding carboxylic acids is 1. The van der Waals surface area contributed by atoms with Gasteiger partial charge >= 0.3 is 0 Å². The predicted molar refractivity (Wildman–Crippen MR) is 113 cm³/mol. The number of fused-ring (bicyclic) bond motifs is 2. The van der Waals surface area contributed by atoms with Crippen LogP contribution in [0.25, 0.3) is 12.2 Å². The van der Waals surface area contributed by atoms with Crippen LogP contribution in [0.5, 0.6) is 23.0 Å². The number of benzene rings is 3. The van der Waals surface area contributed by atoms with Crippen molar-refractivity contribution in [2.45, 2.75) is 6.61 Å². The third kappa shape index (κ3) is 3.42. The van der Waals surface area contributed by atoms with Crippen LogP contribution in [0.15, 0.2) is 73.0 Å². The summed E-state index contributed by atoms with van der Waals surface area (Å²) < 4.78 is 22.4. The quantitative estimate of drug-likeness (QED) is 0.549. The SMILES string of the molecule is C=Cc1ccc(COc2ccc3c(c2)O/C(=C\c2ccc4c(c2)OCO4)C3=O)cc1. The molecule has 2 aliphatic heterocycles. The standard InChI is InChI=1S/C25H18O5/c1-2-16-3-5-17(6-4-16)14-27-19-8-9-20-22(13-19)30-24(25(20)26)12-18-7-10-21-23(11-18)29-15-28-21/h2-13H,1,14-15H2/b24-12-. The fourth-order valence-corrected chi connectivity index (χ4v) is 3.33. The summed E-state index contributed by atoms with van der Waals surface area (Å²) in [6.07, 6.45) is 3.50. The monoisotopic (exact) mass is 398 g/mol. The third-order valence-corrected chi connectivity index (χ3v) is 4.96. The van der Waals surface area contributed by atoms with Gasteiger partial charge in [-0.1, -0.05) is 43.0 Å². The number of allylic oxidation sites excluding steroid dienone is 1. The van der Waals surface area contributed by atoms with Crippen molar-refractivity contribution in [2.24, 2.45) is 0 Å². The summed E-state index contributed by atoms with van der Waals surface area (Å²) in [7, 11) is 0. The van der Waals surface area contributed by atoms with Gasteiger partial charge in [0, 0.05) is 6.07 Å². The van der Waals surface area contributed by atoms with Crippen molar-refractivity contribution in [3.8, 4) is 23.0 Å². The van der Waals surface area contributed by atoms with Gasteiger partial charge in [-0.2, -0.15) is 0 Å². The molecule has 5 nitrogen and oxygen atoms in total. The largest absolute Gasteiger partial charge is 0.489 e. The summed E-state index contributed by atoms with van der Waals surface area (Å²) in [5.41, 5.74) is 3.42. The van der Waals surface area contributed by atoms with Gasteiger partial charge < -0.3 is 18.9 Å². The lowest BCUT2D eigenvalue weighted by Gasteiger charge is -2.07. The molecule has 3 aromatic rings. The van der Waals surface area contributed by atoms with E-state index in [0.717, 1.165) is 16.7 Å². The number of Topliss-reactive ketones (excluding diaryl/α,β-unsaturated/α-hetero) is 1. The fourth-order valence-electron chi connectivity index (χ4n) is 3.33. The van der Waals surface area contributed by atoms with E-state index >= 15 is 0 Å². The van der Waals surface area contributed by atoms with Crippen molar-refractivity contribution in [3.63, 3.8) is 0 Å². The molecule has 2 aliphatic rings. The van der Waals surface area contributed by atoms with E-state index in [1.807, 2.05) is 42.5 Å². The van der Waals surface area contributed by atoms with Crippen LogP contribution in [-0.4, -0.2) is 12.6 Å². The highest BCUT2D eigenvalue weighted by Gasteiger charge is 2.28. The Balaban J connectivity index is 1.31. The van der Waals surface area contributed by atoms with Crippen molar-refractivity contribution in [1.82, 2.24) is 0 Å². The van der Waals surface area contributed by atoms with Crippen LogP contribution >= 0.6 is 0 Å². The van der Waals surface area contributed by atoms with Crippen molar-refractivity contribution in [1.29, 1.82) is 0 Å². The number of ether oxygens (including phenoxy) is 4. The highest BCUT2D eigenvalue weighted by Crippen LogP contribution is 2.37. The molecule has 0 aromatic heterocycles. The molecule has 0 N–H and O–H groups in total. The topological polar surface area (TPSA) is 54.0 Å². The van der Waals surface area contributed by atoms with Crippen LogP contribution in [-0.2, 0) is 6.61 Å². The second-order valence-corrected chi connectivity index (χ2v) is 6.94. The molecule has 0 radical (unpaired) electrons. The molecule has 148 valence electrons. The minimum atomic E-state index is -0.158. The second-order valence-electron chi connectivity index (χ2n) is 6.94. The van der Waals surface area contributed by atoms with E-state index in [4.69, 9.17) is 18.9 Å². The van der Waals surface area contributed by atoms with E-state index < -0.39 is 0 Å². The van der Waals surface area contributed by atoms with Gasteiger partial charge in [-0.3, -0.25) is 4.79 Å². The van der Waals surface area contributed by atoms with Gasteiger partial charge in [0.2, 0.25) is 12.6 Å². The Morgan fingerprint density at radius 3 is 2.53 bits per heavy atom. The molecule has 0 saturated heterocycles. The Bertz CT molecular complexity index is 1170. The van der Waals surface area contributed by atoms with Crippen LogP contribution < -0.4 is 18.9 Å². The van der Waals surface area contributed by atoms with Crippen LogP contribution in [0.3, 0.4) is 0 Å². The third-order valence-electron chi connectivity index (χ3n) is 4.96. The first-order chi connectivity index (χ1) is 14.7. The lowest BCUT2D eigenvalue weighted by atomic mass is 10.1. The lowest BCUT2D eigenvalue weighted by molar-refractivity contribution is 0.101. The van der Waals surface area contributed by atoms with Gasteiger partial charge in [0.15, 0.2) is 17.3 Å². The first kappa shape index (κ1) is 18.1. The summed E-state index contributed by atoms with van der Waals surface area (Å²) in [6, 6.07) is 18.7. The van der Waals surface area contributed by atoms with Gasteiger partial charge in [0.25, 0.3) is 0 Å². The molecular formula is C25H18O5. The Hall–Kier alpha value is -3.99. The molecule has 3 aromatic carbocycles. The Kier molecular flexibility index (Phi) is 4.48. The van der Waals surface area contributed by atoms with E-state index in [9.17, 15) is 4.79 Å². The Morgan fingerprint density at radius 1 is 0.900 bits per heavy atom. The summed E-state index contributed by atoms with van der Waals surface area (Å²) in [6.45, 7) is 4.38. The molecule has 5 rings (SSSR count). The molecule has 0 bridgehead atoms. The van der Waals surface area contributed by atoms with E-state index in [2.05, 4.69) is 6.58 Å². The zero-order valence-corrected chi connectivity index (χ0v) is 16.1. The zero-order valence-electron chi connectivity index (χ0n) is 16.1. The van der Waals surface area contributed by atoms with Gasteiger partial charge in [-0.15, -0.1) is 0 Å². The number of rotatable bonds is 5. The summed E-state index contributed by atoms with van der Waals surface area (Å²) in [5, 5.41) is 0. The smallest absolute Gasteiger partial charge is 0.231 e. The average Bonchev–Trinajstić information content (AvgIpc) is 3.36. The minimum absolute atomic E-state index is 0.158. The molecule has 0 unspecified atom stereocenters. The number of hydrogen-bond donors (Lipinski definition) is 0. The van der Waals surface area contributed by atoms with Crippen molar-refractivity contribution >= 4 is 17.9 Å². The molecule has 0 spiro atoms. The molecule has 0 saturated carbocycles. The van der Waals surface area contributed by atoms with Gasteiger partial charge in [-0.05, 0) is 47.0 Å². The predicted octanol–water partition coefficient (Wildman–Crippen LogP) is 5.25. The first-order valence-electron chi connectivity index (χ1n) is 9.52. The van der Waals surface area contributed by atoms with Crippen LogP contribution in [0.2, 0.25) is 0 Å². The van der Waals surface area contributed by atoms with E-state index in [-0.39, 0.29) is 18.3 Å². The molecule has 0 fully saturated rings. The maximum atomic E-state index is 12.7. The minimum Gasteiger partial charge on any atom is -0.489 e. The average molecular weight is 398 g/mol. The van der Waals surface area contributed by atoms with E-state index in [1.54, 1.807) is 30.4 Å². The fraction of sp³-hybridized carbons (Fsp3) is 0.0800. The van der Waals surface area contributed by atoms with Gasteiger partial charge in [-0.25, -0.2) is 0 Å². The van der Waals surface area contributed by atoms with Gasteiger partial charge in [0.05, 0.1) is 5.56 Å². The number of ketones is 1. The van der Waals surface area contributed by atoms with Crippen molar-refractivity contribution in [3.05, 3.63) is 95.3 Å². The lowest BCUT2D eigenvalue weighted by Crippen LogP contribution is -1.98. The molecule has 5 heteroatoms. The Morgan fingerprint density at radius 2 is 1.70 bits per heavy atom. The summed E-state index contributed by atoms with van der Waals surface area (Å²) in [5.74, 6) is 2.59. The molecule has 2 heterocycles. The highest BCUT2D eigenvalue weighted by molar-refractivity contribution is 6.14. The highest BCUT2D eigenvalue weighted by atomic mass is 16.7. The summed E-state index contributed by atoms with van der Waals surface area (Å²) >= 11 is 0.